The molecule has 0 spiro atoms. The number of carbonyl (C=O) groups excluding carboxylic acids is 1. The van der Waals surface area contributed by atoms with Gasteiger partial charge in [0, 0.05) is 6.61 Å². The molecule has 118 valence electrons. The van der Waals surface area contributed by atoms with Gasteiger partial charge in [-0.05, 0) is 47.6 Å². The topological polar surface area (TPSA) is 55.8 Å². The second kappa shape index (κ2) is 9.68. The molecule has 1 aromatic carbocycles. The summed E-state index contributed by atoms with van der Waals surface area (Å²) in [6.45, 7) is 6.75. The number of phenols is 1. The molecule has 0 aliphatic rings. The van der Waals surface area contributed by atoms with Crippen molar-refractivity contribution in [2.75, 3.05) is 19.0 Å². The van der Waals surface area contributed by atoms with Gasteiger partial charge in [0.25, 0.3) is 0 Å². The molecule has 0 unspecified atom stereocenters. The van der Waals surface area contributed by atoms with Crippen LogP contribution in [0.3, 0.4) is 0 Å². The second-order valence-corrected chi connectivity index (χ2v) is 6.67. The third-order valence-corrected chi connectivity index (χ3v) is 3.78. The summed E-state index contributed by atoms with van der Waals surface area (Å²) >= 11 is 1.83. The zero-order valence-electron chi connectivity index (χ0n) is 12.9. The molecule has 0 aliphatic carbocycles. The molecule has 0 fully saturated rings. The van der Waals surface area contributed by atoms with Crippen molar-refractivity contribution < 1.29 is 19.4 Å². The first-order valence-corrected chi connectivity index (χ1v) is 8.29. The molecule has 0 radical (unpaired) electrons. The number of benzene rings is 1. The van der Waals surface area contributed by atoms with Crippen molar-refractivity contribution in [1.29, 1.82) is 0 Å². The lowest BCUT2D eigenvalue weighted by molar-refractivity contribution is -0.139. The molecule has 0 aromatic heterocycles. The van der Waals surface area contributed by atoms with Crippen molar-refractivity contribution in [2.45, 2.75) is 38.9 Å². The van der Waals surface area contributed by atoms with Crippen molar-refractivity contribution in [3.63, 3.8) is 0 Å². The maximum Gasteiger partial charge on any atom is 0.337 e. The Bertz CT molecular complexity index is 446. The monoisotopic (exact) mass is 312 g/mol. The Hall–Kier alpha value is -1.20. The Morgan fingerprint density at radius 1 is 1.38 bits per heavy atom. The van der Waals surface area contributed by atoms with Gasteiger partial charge in [0.1, 0.15) is 18.1 Å². The molecule has 5 heteroatoms. The molecule has 0 saturated heterocycles. The number of thioether (sulfide) groups is 1. The van der Waals surface area contributed by atoms with E-state index in [0.29, 0.717) is 17.6 Å². The number of hydrogen-bond acceptors (Lipinski definition) is 5. The normalized spacial score (nSPS) is 10.9. The maximum atomic E-state index is 11.6. The van der Waals surface area contributed by atoms with E-state index >= 15 is 0 Å². The lowest BCUT2D eigenvalue weighted by Gasteiger charge is -2.09. The van der Waals surface area contributed by atoms with Crippen LogP contribution in [0.1, 0.15) is 32.8 Å². The molecule has 0 atom stereocenters. The highest BCUT2D eigenvalue weighted by molar-refractivity contribution is 7.99. The van der Waals surface area contributed by atoms with Crippen LogP contribution >= 0.6 is 11.8 Å². The summed E-state index contributed by atoms with van der Waals surface area (Å²) in [5.74, 6) is 1.18. The minimum atomic E-state index is -0.420. The van der Waals surface area contributed by atoms with Gasteiger partial charge in [-0.3, -0.25) is 0 Å². The van der Waals surface area contributed by atoms with E-state index in [4.69, 9.17) is 9.47 Å². The van der Waals surface area contributed by atoms with Crippen molar-refractivity contribution in [1.82, 2.24) is 0 Å². The van der Waals surface area contributed by atoms with Gasteiger partial charge < -0.3 is 14.6 Å². The van der Waals surface area contributed by atoms with Crippen molar-refractivity contribution in [3.05, 3.63) is 23.8 Å². The summed E-state index contributed by atoms with van der Waals surface area (Å²) < 4.78 is 10.3. The average Bonchev–Trinajstić information content (AvgIpc) is 2.42. The number of ether oxygens (including phenoxy) is 2. The van der Waals surface area contributed by atoms with Crippen LogP contribution in [0.4, 0.5) is 0 Å². The molecular weight excluding hydrogens is 288 g/mol. The predicted octanol–water partition coefficient (Wildman–Crippen LogP) is 3.41. The summed E-state index contributed by atoms with van der Waals surface area (Å²) in [6, 6.07) is 4.87. The van der Waals surface area contributed by atoms with E-state index < -0.39 is 5.97 Å². The number of rotatable bonds is 9. The molecular formula is C16H24O4S. The van der Waals surface area contributed by atoms with Crippen molar-refractivity contribution >= 4 is 17.7 Å². The van der Waals surface area contributed by atoms with Crippen LogP contribution in [0.25, 0.3) is 0 Å². The second-order valence-electron chi connectivity index (χ2n) is 4.99. The molecule has 4 nitrogen and oxygen atoms in total. The van der Waals surface area contributed by atoms with E-state index in [0.717, 1.165) is 24.2 Å². The third kappa shape index (κ3) is 7.39. The van der Waals surface area contributed by atoms with Gasteiger partial charge in [-0.25, -0.2) is 4.79 Å². The molecule has 1 aromatic rings. The largest absolute Gasteiger partial charge is 0.508 e. The van der Waals surface area contributed by atoms with Gasteiger partial charge in [-0.2, -0.15) is 11.8 Å². The van der Waals surface area contributed by atoms with Gasteiger partial charge in [0.05, 0.1) is 0 Å². The molecule has 1 rings (SSSR count). The van der Waals surface area contributed by atoms with Crippen LogP contribution in [0.2, 0.25) is 0 Å². The summed E-state index contributed by atoms with van der Waals surface area (Å²) in [4.78, 5) is 11.6. The molecule has 0 aliphatic heterocycles. The first kappa shape index (κ1) is 17.9. The summed E-state index contributed by atoms with van der Waals surface area (Å²) in [6.07, 6.45) is 1.61. The molecule has 1 N–H and O–H groups in total. The number of carbonyl (C=O) groups is 1. The zero-order valence-corrected chi connectivity index (χ0v) is 13.7. The summed E-state index contributed by atoms with van der Waals surface area (Å²) in [7, 11) is 0. The number of esters is 1. The van der Waals surface area contributed by atoms with Crippen molar-refractivity contribution in [3.8, 4) is 11.5 Å². The minimum Gasteiger partial charge on any atom is -0.508 e. The summed E-state index contributed by atoms with van der Waals surface area (Å²) in [5, 5.41) is 10.4. The quantitative estimate of drug-likeness (QED) is 0.430. The Labute approximate surface area is 130 Å². The number of aryl methyl sites for hydroxylation is 1. The van der Waals surface area contributed by atoms with E-state index in [-0.39, 0.29) is 12.4 Å². The fourth-order valence-corrected chi connectivity index (χ4v) is 2.50. The Morgan fingerprint density at radius 3 is 2.81 bits per heavy atom. The number of aromatic hydroxyl groups is 1. The fraction of sp³-hybridized carbons (Fsp3) is 0.562. The van der Waals surface area contributed by atoms with Gasteiger partial charge >= 0.3 is 5.97 Å². The van der Waals surface area contributed by atoms with E-state index in [1.165, 1.54) is 0 Å². The number of phenolic OH excluding ortho intramolecular Hbond substituents is 1. The van der Waals surface area contributed by atoms with Crippen LogP contribution in [0.15, 0.2) is 18.2 Å². The highest BCUT2D eigenvalue weighted by Gasteiger charge is 2.08. The predicted molar refractivity (Wildman–Crippen MR) is 86.1 cm³/mol. The lowest BCUT2D eigenvalue weighted by atomic mass is 10.1. The molecule has 0 heterocycles. The Kier molecular flexibility index (Phi) is 8.23. The lowest BCUT2D eigenvalue weighted by Crippen LogP contribution is -2.16. The van der Waals surface area contributed by atoms with E-state index in [9.17, 15) is 9.90 Å². The highest BCUT2D eigenvalue weighted by Crippen LogP contribution is 2.25. The smallest absolute Gasteiger partial charge is 0.337 e. The van der Waals surface area contributed by atoms with E-state index in [2.05, 4.69) is 13.8 Å². The van der Waals surface area contributed by atoms with Crippen LogP contribution in [0.5, 0.6) is 11.5 Å². The molecule has 0 bridgehead atoms. The average molecular weight is 312 g/mol. The standard InChI is InChI=1S/C16H24O4S/c1-4-8-19-11-16(18)20-14-5-6-15(17)13(10-14)7-9-21-12(2)3/h5-6,10,12,17H,4,7-9,11H2,1-3H3. The first-order chi connectivity index (χ1) is 10.0. The van der Waals surface area contributed by atoms with E-state index in [1.807, 2.05) is 18.7 Å². The fourth-order valence-electron chi connectivity index (χ4n) is 1.69. The summed E-state index contributed by atoms with van der Waals surface area (Å²) in [5.41, 5.74) is 0.794. The van der Waals surface area contributed by atoms with E-state index in [1.54, 1.807) is 18.2 Å². The van der Waals surface area contributed by atoms with Gasteiger partial charge in [0.2, 0.25) is 0 Å². The van der Waals surface area contributed by atoms with Crippen LogP contribution in [-0.4, -0.2) is 35.3 Å². The first-order valence-electron chi connectivity index (χ1n) is 7.24. The van der Waals surface area contributed by atoms with Crippen LogP contribution in [0, 0.1) is 0 Å². The number of hydrogen-bond donors (Lipinski definition) is 1. The van der Waals surface area contributed by atoms with Gasteiger partial charge in [0.15, 0.2) is 0 Å². The molecule has 0 saturated carbocycles. The van der Waals surface area contributed by atoms with Gasteiger partial charge in [-0.15, -0.1) is 0 Å². The zero-order chi connectivity index (χ0) is 15.7. The van der Waals surface area contributed by atoms with Crippen LogP contribution in [-0.2, 0) is 16.0 Å². The Morgan fingerprint density at radius 2 is 2.14 bits per heavy atom. The van der Waals surface area contributed by atoms with Crippen LogP contribution < -0.4 is 4.74 Å². The highest BCUT2D eigenvalue weighted by atomic mass is 32.2. The SMILES string of the molecule is CCCOCC(=O)Oc1ccc(O)c(CCSC(C)C)c1. The maximum absolute atomic E-state index is 11.6. The Balaban J connectivity index is 2.53. The molecule has 0 amide bonds. The minimum absolute atomic E-state index is 0.0484. The van der Waals surface area contributed by atoms with Crippen molar-refractivity contribution in [2.24, 2.45) is 0 Å². The molecule has 21 heavy (non-hydrogen) atoms. The third-order valence-electron chi connectivity index (χ3n) is 2.67. The van der Waals surface area contributed by atoms with Gasteiger partial charge in [-0.1, -0.05) is 20.8 Å².